The van der Waals surface area contributed by atoms with Crippen LogP contribution in [-0.2, 0) is 0 Å². The quantitative estimate of drug-likeness (QED) is 0.390. The molecule has 140 valence electrons. The number of carbonyl (C=O) groups is 1. The highest BCUT2D eigenvalue weighted by Crippen LogP contribution is 2.28. The molecule has 28 heavy (non-hydrogen) atoms. The Labute approximate surface area is 162 Å². The van der Waals surface area contributed by atoms with Crippen molar-refractivity contribution in [2.75, 3.05) is 0 Å². The van der Waals surface area contributed by atoms with Gasteiger partial charge >= 0.3 is 5.91 Å². The number of ether oxygens (including phenoxy) is 1. The summed E-state index contributed by atoms with van der Waals surface area (Å²) in [5.74, 6) is 0.631. The highest BCUT2D eigenvalue weighted by atomic mass is 16.5. The smallest absolute Gasteiger partial charge is 0.307 e. The fourth-order valence-corrected chi connectivity index (χ4v) is 3.03. The number of hydrazone groups is 1. The van der Waals surface area contributed by atoms with E-state index in [4.69, 9.17) is 9.15 Å². The first-order valence-electron chi connectivity index (χ1n) is 9.11. The predicted molar refractivity (Wildman–Crippen MR) is 111 cm³/mol. The molecule has 1 N–H and O–H groups in total. The van der Waals surface area contributed by atoms with E-state index >= 15 is 0 Å². The molecule has 4 aromatic rings. The van der Waals surface area contributed by atoms with E-state index in [1.165, 1.54) is 0 Å². The molecule has 0 aliphatic heterocycles. The molecule has 5 heteroatoms. The monoisotopic (exact) mass is 372 g/mol. The van der Waals surface area contributed by atoms with Crippen molar-refractivity contribution < 1.29 is 13.9 Å². The Balaban J connectivity index is 1.47. The van der Waals surface area contributed by atoms with Crippen molar-refractivity contribution in [1.82, 2.24) is 5.43 Å². The summed E-state index contributed by atoms with van der Waals surface area (Å²) in [6.45, 7) is 3.96. The Morgan fingerprint density at radius 2 is 1.82 bits per heavy atom. The topological polar surface area (TPSA) is 63.8 Å². The number of hydrogen-bond acceptors (Lipinski definition) is 4. The van der Waals surface area contributed by atoms with Crippen molar-refractivity contribution in [3.05, 3.63) is 78.1 Å². The zero-order chi connectivity index (χ0) is 19.5. The first-order valence-corrected chi connectivity index (χ1v) is 9.11. The second-order valence-electron chi connectivity index (χ2n) is 6.74. The number of nitrogens with zero attached hydrogens (tertiary/aromatic N) is 1. The molecule has 0 aliphatic rings. The third-order valence-electron chi connectivity index (χ3n) is 4.28. The number of rotatable bonds is 5. The lowest BCUT2D eigenvalue weighted by atomic mass is 10.1. The van der Waals surface area contributed by atoms with Crippen LogP contribution in [-0.4, -0.2) is 18.2 Å². The molecule has 0 saturated heterocycles. The Morgan fingerprint density at radius 1 is 1.04 bits per heavy atom. The molecule has 1 amide bonds. The molecule has 1 heterocycles. The molecule has 4 rings (SSSR count). The number of fused-ring (bicyclic) bond motifs is 3. The zero-order valence-electron chi connectivity index (χ0n) is 15.7. The second-order valence-corrected chi connectivity index (χ2v) is 6.74. The first kappa shape index (κ1) is 17.8. The van der Waals surface area contributed by atoms with E-state index in [0.717, 1.165) is 27.5 Å². The van der Waals surface area contributed by atoms with E-state index in [1.807, 2.05) is 74.5 Å². The summed E-state index contributed by atoms with van der Waals surface area (Å²) in [7, 11) is 0. The average Bonchev–Trinajstić information content (AvgIpc) is 3.14. The molecule has 5 nitrogen and oxygen atoms in total. The Hall–Kier alpha value is -3.60. The second kappa shape index (κ2) is 7.56. The maximum absolute atomic E-state index is 12.4. The van der Waals surface area contributed by atoms with Crippen LogP contribution in [0.5, 0.6) is 5.75 Å². The van der Waals surface area contributed by atoms with Gasteiger partial charge in [-0.25, -0.2) is 5.43 Å². The molecule has 0 saturated carbocycles. The molecule has 0 atom stereocenters. The van der Waals surface area contributed by atoms with Gasteiger partial charge in [-0.3, -0.25) is 4.79 Å². The van der Waals surface area contributed by atoms with E-state index in [2.05, 4.69) is 10.5 Å². The van der Waals surface area contributed by atoms with Crippen LogP contribution >= 0.6 is 0 Å². The zero-order valence-corrected chi connectivity index (χ0v) is 15.7. The summed E-state index contributed by atoms with van der Waals surface area (Å²) in [6.07, 6.45) is 1.70. The lowest BCUT2D eigenvalue weighted by Crippen LogP contribution is -2.16. The van der Waals surface area contributed by atoms with E-state index in [9.17, 15) is 4.79 Å². The number of benzene rings is 3. The van der Waals surface area contributed by atoms with Gasteiger partial charge in [-0.05, 0) is 66.6 Å². The van der Waals surface area contributed by atoms with Crippen LogP contribution < -0.4 is 10.2 Å². The van der Waals surface area contributed by atoms with Gasteiger partial charge in [0.25, 0.3) is 0 Å². The van der Waals surface area contributed by atoms with Crippen molar-refractivity contribution in [2.24, 2.45) is 5.10 Å². The largest absolute Gasteiger partial charge is 0.491 e. The van der Waals surface area contributed by atoms with Crippen LogP contribution in [0.25, 0.3) is 21.7 Å². The van der Waals surface area contributed by atoms with Gasteiger partial charge < -0.3 is 9.15 Å². The molecule has 3 aromatic carbocycles. The van der Waals surface area contributed by atoms with E-state index in [1.54, 1.807) is 12.3 Å². The summed E-state index contributed by atoms with van der Waals surface area (Å²) < 4.78 is 11.3. The fraction of sp³-hybridized carbons (Fsp3) is 0.130. The summed E-state index contributed by atoms with van der Waals surface area (Å²) in [5, 5.41) is 7.08. The van der Waals surface area contributed by atoms with Gasteiger partial charge in [0.2, 0.25) is 0 Å². The summed E-state index contributed by atoms with van der Waals surface area (Å²) in [4.78, 5) is 12.4. The fourth-order valence-electron chi connectivity index (χ4n) is 3.03. The van der Waals surface area contributed by atoms with Crippen molar-refractivity contribution in [1.29, 1.82) is 0 Å². The van der Waals surface area contributed by atoms with Gasteiger partial charge in [-0.2, -0.15) is 5.10 Å². The highest BCUT2D eigenvalue weighted by molar-refractivity contribution is 6.08. The maximum Gasteiger partial charge on any atom is 0.307 e. The van der Waals surface area contributed by atoms with Crippen LogP contribution in [0.4, 0.5) is 0 Å². The molecule has 0 bridgehead atoms. The van der Waals surface area contributed by atoms with Gasteiger partial charge in [0.1, 0.15) is 11.3 Å². The third-order valence-corrected chi connectivity index (χ3v) is 4.28. The molecule has 1 aromatic heterocycles. The minimum atomic E-state index is -0.392. The first-order chi connectivity index (χ1) is 13.6. The minimum Gasteiger partial charge on any atom is -0.491 e. The standard InChI is InChI=1S/C23H20N2O3/c1-15(2)27-18-10-7-16(8-11-18)14-24-25-23(26)22-13-20-19-6-4-3-5-17(19)9-12-21(20)28-22/h3-15H,1-2H3,(H,25,26)/b24-14-. The Kier molecular flexibility index (Phi) is 4.81. The molecule has 0 radical (unpaired) electrons. The van der Waals surface area contributed by atoms with Crippen LogP contribution in [0.3, 0.4) is 0 Å². The summed E-state index contributed by atoms with van der Waals surface area (Å²) in [5.41, 5.74) is 4.04. The molecule has 0 unspecified atom stereocenters. The third kappa shape index (κ3) is 3.74. The van der Waals surface area contributed by atoms with Crippen LogP contribution in [0, 0.1) is 0 Å². The van der Waals surface area contributed by atoms with Crippen molar-refractivity contribution in [2.45, 2.75) is 20.0 Å². The van der Waals surface area contributed by atoms with Gasteiger partial charge in [0.05, 0.1) is 12.3 Å². The van der Waals surface area contributed by atoms with E-state index in [-0.39, 0.29) is 11.9 Å². The molecule has 0 fully saturated rings. The number of hydrogen-bond donors (Lipinski definition) is 1. The highest BCUT2D eigenvalue weighted by Gasteiger charge is 2.13. The number of amides is 1. The van der Waals surface area contributed by atoms with Crippen LogP contribution in [0.2, 0.25) is 0 Å². The SMILES string of the molecule is CC(C)Oc1ccc(/C=N\NC(=O)c2cc3c(ccc4ccccc43)o2)cc1. The molecule has 0 aliphatic carbocycles. The van der Waals surface area contributed by atoms with E-state index in [0.29, 0.717) is 5.58 Å². The number of nitrogens with one attached hydrogen (secondary N) is 1. The van der Waals surface area contributed by atoms with Crippen molar-refractivity contribution in [3.8, 4) is 5.75 Å². The molecule has 0 spiro atoms. The van der Waals surface area contributed by atoms with Crippen LogP contribution in [0.15, 0.2) is 76.2 Å². The van der Waals surface area contributed by atoms with Gasteiger partial charge in [0.15, 0.2) is 5.76 Å². The number of carbonyl (C=O) groups excluding carboxylic acids is 1. The van der Waals surface area contributed by atoms with Gasteiger partial charge in [0, 0.05) is 5.39 Å². The van der Waals surface area contributed by atoms with Crippen molar-refractivity contribution >= 4 is 33.9 Å². The van der Waals surface area contributed by atoms with Crippen LogP contribution in [0.1, 0.15) is 30.0 Å². The average molecular weight is 372 g/mol. The summed E-state index contributed by atoms with van der Waals surface area (Å²) in [6, 6.07) is 21.1. The van der Waals surface area contributed by atoms with Gasteiger partial charge in [-0.15, -0.1) is 0 Å². The van der Waals surface area contributed by atoms with Crippen molar-refractivity contribution in [3.63, 3.8) is 0 Å². The minimum absolute atomic E-state index is 0.125. The lowest BCUT2D eigenvalue weighted by Gasteiger charge is -2.08. The normalized spacial score (nSPS) is 11.5. The molecular formula is C23H20N2O3. The number of furan rings is 1. The summed E-state index contributed by atoms with van der Waals surface area (Å²) >= 11 is 0. The lowest BCUT2D eigenvalue weighted by molar-refractivity contribution is 0.0929. The molecular weight excluding hydrogens is 352 g/mol. The Bertz CT molecular complexity index is 1160. The predicted octanol–water partition coefficient (Wildman–Crippen LogP) is 5.14. The van der Waals surface area contributed by atoms with E-state index < -0.39 is 5.91 Å². The van der Waals surface area contributed by atoms with Gasteiger partial charge in [-0.1, -0.05) is 30.3 Å². The maximum atomic E-state index is 12.4. The Morgan fingerprint density at radius 3 is 2.61 bits per heavy atom.